The van der Waals surface area contributed by atoms with Gasteiger partial charge in [0.25, 0.3) is 0 Å². The van der Waals surface area contributed by atoms with Crippen molar-refractivity contribution in [1.82, 2.24) is 4.31 Å². The number of carbonyl (C=O) groups is 1. The maximum absolute atomic E-state index is 12.8. The van der Waals surface area contributed by atoms with Crippen molar-refractivity contribution in [2.45, 2.75) is 135 Å². The summed E-state index contributed by atoms with van der Waals surface area (Å²) in [5, 5.41) is 8.62. The summed E-state index contributed by atoms with van der Waals surface area (Å²) in [6, 6.07) is 0.232. The molecule has 1 saturated heterocycles. The highest BCUT2D eigenvalue weighted by atomic mass is 32.2. The molecule has 0 aromatic rings. The zero-order chi connectivity index (χ0) is 22.1. The third-order valence-electron chi connectivity index (χ3n) is 6.36. The Morgan fingerprint density at radius 1 is 0.833 bits per heavy atom. The lowest BCUT2D eigenvalue weighted by Crippen LogP contribution is -2.37. The van der Waals surface area contributed by atoms with Crippen LogP contribution >= 0.6 is 0 Å². The highest BCUT2D eigenvalue weighted by molar-refractivity contribution is 7.89. The molecule has 5 nitrogen and oxygen atoms in total. The first kappa shape index (κ1) is 27.4. The molecular weight excluding hydrogens is 398 g/mol. The fourth-order valence-corrected chi connectivity index (χ4v) is 6.42. The van der Waals surface area contributed by atoms with Crippen molar-refractivity contribution < 1.29 is 18.3 Å². The van der Waals surface area contributed by atoms with Gasteiger partial charge in [0.1, 0.15) is 0 Å². The lowest BCUT2D eigenvalue weighted by molar-refractivity contribution is -0.137. The van der Waals surface area contributed by atoms with Crippen LogP contribution in [0.3, 0.4) is 0 Å². The van der Waals surface area contributed by atoms with Crippen molar-refractivity contribution in [1.29, 1.82) is 0 Å². The average Bonchev–Trinajstić information content (AvgIpc) is 3.18. The minimum absolute atomic E-state index is 0.232. The maximum atomic E-state index is 12.8. The second-order valence-electron chi connectivity index (χ2n) is 9.10. The van der Waals surface area contributed by atoms with Crippen LogP contribution in [0.1, 0.15) is 129 Å². The van der Waals surface area contributed by atoms with Gasteiger partial charge in [-0.25, -0.2) is 8.42 Å². The number of carboxylic acids is 1. The summed E-state index contributed by atoms with van der Waals surface area (Å²) in [6.07, 6.45) is 20.2. The lowest BCUT2D eigenvalue weighted by Gasteiger charge is -2.24. The summed E-state index contributed by atoms with van der Waals surface area (Å²) < 4.78 is 27.4. The zero-order valence-electron chi connectivity index (χ0n) is 19.5. The summed E-state index contributed by atoms with van der Waals surface area (Å²) >= 11 is 0. The fraction of sp³-hybridized carbons (Fsp3) is 0.958. The molecule has 0 saturated carbocycles. The van der Waals surface area contributed by atoms with Crippen molar-refractivity contribution in [2.75, 3.05) is 12.3 Å². The van der Waals surface area contributed by atoms with Crippen LogP contribution in [0.15, 0.2) is 0 Å². The molecular formula is C24H47NO4S. The number of sulfonamides is 1. The van der Waals surface area contributed by atoms with Gasteiger partial charge in [-0.2, -0.15) is 4.31 Å². The molecule has 1 heterocycles. The molecule has 0 radical (unpaired) electrons. The first-order valence-electron chi connectivity index (χ1n) is 12.7. The van der Waals surface area contributed by atoms with Crippen LogP contribution in [-0.2, 0) is 14.8 Å². The normalized spacial score (nSPS) is 17.6. The van der Waals surface area contributed by atoms with Crippen LogP contribution < -0.4 is 0 Å². The number of nitrogens with zero attached hydrogens (tertiary/aromatic N) is 1. The highest BCUT2D eigenvalue weighted by Crippen LogP contribution is 2.26. The Bertz CT molecular complexity index is 535. The first-order valence-corrected chi connectivity index (χ1v) is 14.3. The Balaban J connectivity index is 2.10. The number of hydrogen-bond acceptors (Lipinski definition) is 3. The molecule has 1 aliphatic heterocycles. The smallest absolute Gasteiger partial charge is 0.303 e. The molecule has 6 heteroatoms. The molecule has 1 atom stereocenters. The van der Waals surface area contributed by atoms with Gasteiger partial charge in [-0.3, -0.25) is 4.79 Å². The average molecular weight is 446 g/mol. The van der Waals surface area contributed by atoms with Crippen LogP contribution in [0.25, 0.3) is 0 Å². The Morgan fingerprint density at radius 2 is 1.37 bits per heavy atom. The molecule has 1 unspecified atom stereocenters. The van der Waals surface area contributed by atoms with Gasteiger partial charge in [0.2, 0.25) is 10.0 Å². The van der Waals surface area contributed by atoms with Crippen molar-refractivity contribution in [3.8, 4) is 0 Å². The summed E-state index contributed by atoms with van der Waals surface area (Å²) in [4.78, 5) is 10.5. The molecule has 1 rings (SSSR count). The topological polar surface area (TPSA) is 74.7 Å². The Labute approximate surface area is 186 Å². The van der Waals surface area contributed by atoms with E-state index in [0.29, 0.717) is 12.2 Å². The standard InChI is InChI=1S/C24H47NO4S/c1-2-3-4-5-10-13-16-22-30(28,29)25-21-17-19-23(25)18-14-11-8-6-7-9-12-15-20-24(26)27/h23H,2-22H2,1H3,(H,26,27). The van der Waals surface area contributed by atoms with E-state index in [1.54, 1.807) is 0 Å². The molecule has 0 aliphatic carbocycles. The first-order chi connectivity index (χ1) is 14.5. The SMILES string of the molecule is CCCCCCCCCS(=O)(=O)N1CCCC1CCCCCCCCCCC(=O)O. The minimum Gasteiger partial charge on any atom is -0.481 e. The van der Waals surface area contributed by atoms with Gasteiger partial charge in [0.15, 0.2) is 0 Å². The van der Waals surface area contributed by atoms with Gasteiger partial charge in [-0.15, -0.1) is 0 Å². The second kappa shape index (κ2) is 17.0. The second-order valence-corrected chi connectivity index (χ2v) is 11.1. The van der Waals surface area contributed by atoms with Gasteiger partial charge >= 0.3 is 5.97 Å². The minimum atomic E-state index is -3.08. The van der Waals surface area contributed by atoms with Crippen molar-refractivity contribution in [2.24, 2.45) is 0 Å². The fourth-order valence-electron chi connectivity index (χ4n) is 4.54. The van der Waals surface area contributed by atoms with E-state index in [1.165, 1.54) is 57.8 Å². The molecule has 0 amide bonds. The molecule has 178 valence electrons. The van der Waals surface area contributed by atoms with Gasteiger partial charge in [-0.1, -0.05) is 90.4 Å². The molecule has 0 bridgehead atoms. The number of hydrogen-bond donors (Lipinski definition) is 1. The van der Waals surface area contributed by atoms with Crippen LogP contribution in [0.5, 0.6) is 0 Å². The van der Waals surface area contributed by atoms with Crippen molar-refractivity contribution in [3.05, 3.63) is 0 Å². The van der Waals surface area contributed by atoms with Crippen molar-refractivity contribution >= 4 is 16.0 Å². The van der Waals surface area contributed by atoms with E-state index in [-0.39, 0.29) is 6.04 Å². The summed E-state index contributed by atoms with van der Waals surface area (Å²) in [6.45, 7) is 2.94. The third kappa shape index (κ3) is 12.9. The van der Waals surface area contributed by atoms with E-state index in [9.17, 15) is 13.2 Å². The molecule has 0 spiro atoms. The molecule has 0 aromatic carbocycles. The van der Waals surface area contributed by atoms with Crippen LogP contribution in [0.4, 0.5) is 0 Å². The highest BCUT2D eigenvalue weighted by Gasteiger charge is 2.33. The van der Waals surface area contributed by atoms with Gasteiger partial charge in [0, 0.05) is 19.0 Å². The number of unbranched alkanes of at least 4 members (excludes halogenated alkanes) is 13. The van der Waals surface area contributed by atoms with E-state index < -0.39 is 16.0 Å². The predicted molar refractivity (Wildman–Crippen MR) is 125 cm³/mol. The van der Waals surface area contributed by atoms with Gasteiger partial charge in [-0.05, 0) is 32.1 Å². The summed E-state index contributed by atoms with van der Waals surface area (Å²) in [7, 11) is -3.08. The number of carboxylic acid groups (broad SMARTS) is 1. The van der Waals surface area contributed by atoms with E-state index >= 15 is 0 Å². The lowest BCUT2D eigenvalue weighted by atomic mass is 10.0. The number of aliphatic carboxylic acids is 1. The molecule has 1 aliphatic rings. The number of rotatable bonds is 20. The summed E-state index contributed by atoms with van der Waals surface area (Å²) in [5.74, 6) is -0.362. The van der Waals surface area contributed by atoms with E-state index in [2.05, 4.69) is 6.92 Å². The Hall–Kier alpha value is -0.620. The molecule has 0 aromatic heterocycles. The van der Waals surface area contributed by atoms with Crippen LogP contribution in [0, 0.1) is 0 Å². The van der Waals surface area contributed by atoms with Crippen molar-refractivity contribution in [3.63, 3.8) is 0 Å². The summed E-state index contributed by atoms with van der Waals surface area (Å²) in [5.41, 5.74) is 0. The van der Waals surface area contributed by atoms with Crippen LogP contribution in [0.2, 0.25) is 0 Å². The zero-order valence-corrected chi connectivity index (χ0v) is 20.3. The Kier molecular flexibility index (Phi) is 15.5. The largest absolute Gasteiger partial charge is 0.481 e. The monoisotopic (exact) mass is 445 g/mol. The predicted octanol–water partition coefficient (Wildman–Crippen LogP) is 6.52. The molecule has 30 heavy (non-hydrogen) atoms. The Morgan fingerprint density at radius 3 is 1.97 bits per heavy atom. The van der Waals surface area contributed by atoms with Gasteiger partial charge < -0.3 is 5.11 Å². The van der Waals surface area contributed by atoms with Gasteiger partial charge in [0.05, 0.1) is 5.75 Å². The van der Waals surface area contributed by atoms with E-state index in [0.717, 1.165) is 64.3 Å². The third-order valence-corrected chi connectivity index (χ3v) is 8.36. The van der Waals surface area contributed by atoms with E-state index in [4.69, 9.17) is 5.11 Å². The quantitative estimate of drug-likeness (QED) is 0.217. The van der Waals surface area contributed by atoms with Crippen LogP contribution in [-0.4, -0.2) is 42.1 Å². The maximum Gasteiger partial charge on any atom is 0.303 e. The van der Waals surface area contributed by atoms with E-state index in [1.807, 2.05) is 4.31 Å². The molecule has 1 N–H and O–H groups in total. The molecule has 1 fully saturated rings.